The smallest absolute Gasteiger partial charge is 0.256 e. The Morgan fingerprint density at radius 1 is 1.13 bits per heavy atom. The molecular weight excluding hydrogens is 383 g/mol. The van der Waals surface area contributed by atoms with Crippen molar-refractivity contribution in [1.29, 1.82) is 0 Å². The number of nitrogens with one attached hydrogen (secondary N) is 1. The Balaban J connectivity index is 1.53. The van der Waals surface area contributed by atoms with E-state index in [0.717, 1.165) is 63.9 Å². The van der Waals surface area contributed by atoms with Gasteiger partial charge in [0.1, 0.15) is 11.4 Å². The summed E-state index contributed by atoms with van der Waals surface area (Å²) in [4.78, 5) is 30.2. The van der Waals surface area contributed by atoms with E-state index in [1.54, 1.807) is 6.20 Å². The van der Waals surface area contributed by atoms with Gasteiger partial charge < -0.3 is 19.7 Å². The second-order valence-electron chi connectivity index (χ2n) is 8.91. The number of anilines is 1. The van der Waals surface area contributed by atoms with Gasteiger partial charge in [0.25, 0.3) is 5.91 Å². The third-order valence-electron chi connectivity index (χ3n) is 6.69. The minimum Gasteiger partial charge on any atom is -0.367 e. The van der Waals surface area contributed by atoms with Gasteiger partial charge in [-0.3, -0.25) is 9.59 Å². The van der Waals surface area contributed by atoms with Crippen molar-refractivity contribution < 1.29 is 9.18 Å². The molecule has 1 aromatic carbocycles. The van der Waals surface area contributed by atoms with E-state index in [1.807, 2.05) is 10.6 Å². The van der Waals surface area contributed by atoms with Gasteiger partial charge in [-0.15, -0.1) is 0 Å². The number of carbonyl (C=O) groups is 1. The molecule has 1 amide bonds. The third kappa shape index (κ3) is 3.71. The molecule has 5 rings (SSSR count). The highest BCUT2D eigenvalue weighted by atomic mass is 19.1. The van der Waals surface area contributed by atoms with Crippen molar-refractivity contribution in [3.05, 3.63) is 39.9 Å². The number of piperazine rings is 1. The first-order valence-electron chi connectivity index (χ1n) is 11.2. The van der Waals surface area contributed by atoms with Crippen LogP contribution in [-0.4, -0.2) is 54.6 Å². The van der Waals surface area contributed by atoms with Crippen LogP contribution < -0.4 is 15.6 Å². The van der Waals surface area contributed by atoms with E-state index in [1.165, 1.54) is 6.07 Å². The highest BCUT2D eigenvalue weighted by Gasteiger charge is 2.29. The van der Waals surface area contributed by atoms with E-state index in [-0.39, 0.29) is 28.8 Å². The topological polar surface area (TPSA) is 57.6 Å². The lowest BCUT2D eigenvalue weighted by Gasteiger charge is -2.35. The van der Waals surface area contributed by atoms with E-state index in [9.17, 15) is 9.59 Å². The lowest BCUT2D eigenvalue weighted by atomic mass is 10.1. The molecular formula is C23H29FN4O2. The molecule has 2 saturated carbocycles. The summed E-state index contributed by atoms with van der Waals surface area (Å²) in [5.41, 5.74) is 1.03. The predicted octanol–water partition coefficient (Wildman–Crippen LogP) is 2.76. The first-order valence-corrected chi connectivity index (χ1v) is 11.2. The molecule has 0 spiro atoms. The molecule has 1 saturated heterocycles. The fourth-order valence-electron chi connectivity index (χ4n) is 4.38. The van der Waals surface area contributed by atoms with Crippen LogP contribution in [0.5, 0.6) is 0 Å². The highest BCUT2D eigenvalue weighted by Crippen LogP contribution is 2.38. The molecule has 2 heterocycles. The molecule has 2 aliphatic carbocycles. The summed E-state index contributed by atoms with van der Waals surface area (Å²) in [7, 11) is 0. The maximum atomic E-state index is 15.1. The second kappa shape index (κ2) is 7.69. The minimum atomic E-state index is -0.387. The Bertz CT molecular complexity index is 1030. The molecule has 160 valence electrons. The van der Waals surface area contributed by atoms with Gasteiger partial charge in [0.15, 0.2) is 0 Å². The van der Waals surface area contributed by atoms with Crippen molar-refractivity contribution in [1.82, 2.24) is 14.8 Å². The summed E-state index contributed by atoms with van der Waals surface area (Å²) in [6.45, 7) is 7.10. The van der Waals surface area contributed by atoms with Crippen LogP contribution >= 0.6 is 0 Å². The van der Waals surface area contributed by atoms with Crippen LogP contribution in [0.1, 0.15) is 49.0 Å². The van der Waals surface area contributed by atoms with Crippen molar-refractivity contribution in [3.8, 4) is 0 Å². The van der Waals surface area contributed by atoms with Crippen molar-refractivity contribution in [2.75, 3.05) is 44.2 Å². The minimum absolute atomic E-state index is 0.124. The number of pyridine rings is 1. The van der Waals surface area contributed by atoms with Gasteiger partial charge in [-0.25, -0.2) is 4.39 Å². The van der Waals surface area contributed by atoms with E-state index in [4.69, 9.17) is 0 Å². The molecule has 0 unspecified atom stereocenters. The number of fused-ring (bicyclic) bond motifs is 1. The number of hydrogen-bond acceptors (Lipinski definition) is 4. The van der Waals surface area contributed by atoms with E-state index < -0.39 is 0 Å². The zero-order chi connectivity index (χ0) is 20.8. The lowest BCUT2D eigenvalue weighted by Crippen LogP contribution is -2.46. The quantitative estimate of drug-likeness (QED) is 0.793. The Kier molecular flexibility index (Phi) is 5.01. The van der Waals surface area contributed by atoms with Gasteiger partial charge in [-0.05, 0) is 50.3 Å². The number of hydrogen-bond donors (Lipinski definition) is 1. The average Bonchev–Trinajstić information content (AvgIpc) is 3.66. The Hall–Kier alpha value is -2.41. The number of amides is 1. The number of benzene rings is 1. The summed E-state index contributed by atoms with van der Waals surface area (Å²) in [5.74, 6) is -0.195. The van der Waals surface area contributed by atoms with Gasteiger partial charge in [-0.1, -0.05) is 6.92 Å². The van der Waals surface area contributed by atoms with Crippen LogP contribution in [0.2, 0.25) is 0 Å². The number of likely N-dealkylation sites (N-methyl/N-ethyl adjacent to an activating group) is 1. The van der Waals surface area contributed by atoms with Gasteiger partial charge in [0.2, 0.25) is 5.43 Å². The molecule has 1 aliphatic heterocycles. The standard InChI is InChI=1S/C23H29FN4O2/c1-2-26-7-9-27(10-8-26)21-12-20-17(11-19(21)24)22(29)18(14-28(20)16-5-6-16)23(30)25-13-15-3-4-15/h11-12,14-16H,2-10,13H2,1H3,(H,25,30). The van der Waals surface area contributed by atoms with E-state index in [0.29, 0.717) is 23.5 Å². The average molecular weight is 413 g/mol. The van der Waals surface area contributed by atoms with Crippen LogP contribution in [0.3, 0.4) is 0 Å². The van der Waals surface area contributed by atoms with Crippen LogP contribution in [0, 0.1) is 11.7 Å². The van der Waals surface area contributed by atoms with Gasteiger partial charge >= 0.3 is 0 Å². The Morgan fingerprint density at radius 3 is 2.50 bits per heavy atom. The second-order valence-corrected chi connectivity index (χ2v) is 8.91. The number of rotatable bonds is 6. The first-order chi connectivity index (χ1) is 14.5. The first kappa shape index (κ1) is 19.5. The Morgan fingerprint density at radius 2 is 1.87 bits per heavy atom. The number of nitrogens with zero attached hydrogens (tertiary/aromatic N) is 3. The van der Waals surface area contributed by atoms with Crippen LogP contribution in [0.25, 0.3) is 10.9 Å². The van der Waals surface area contributed by atoms with Crippen LogP contribution in [-0.2, 0) is 0 Å². The van der Waals surface area contributed by atoms with E-state index in [2.05, 4.69) is 22.0 Å². The van der Waals surface area contributed by atoms with Gasteiger partial charge in [0, 0.05) is 50.3 Å². The molecule has 7 heteroatoms. The summed E-state index contributed by atoms with van der Waals surface area (Å²) in [5, 5.41) is 3.18. The largest absolute Gasteiger partial charge is 0.367 e. The fourth-order valence-corrected chi connectivity index (χ4v) is 4.38. The summed E-state index contributed by atoms with van der Waals surface area (Å²) < 4.78 is 17.1. The molecule has 3 fully saturated rings. The van der Waals surface area contributed by atoms with Gasteiger partial charge in [0.05, 0.1) is 11.2 Å². The van der Waals surface area contributed by atoms with Gasteiger partial charge in [-0.2, -0.15) is 0 Å². The summed E-state index contributed by atoms with van der Waals surface area (Å²) >= 11 is 0. The highest BCUT2D eigenvalue weighted by molar-refractivity contribution is 5.98. The van der Waals surface area contributed by atoms with Crippen molar-refractivity contribution in [2.45, 2.75) is 38.6 Å². The summed E-state index contributed by atoms with van der Waals surface area (Å²) in [6, 6.07) is 3.44. The molecule has 30 heavy (non-hydrogen) atoms. The van der Waals surface area contributed by atoms with Crippen molar-refractivity contribution >= 4 is 22.5 Å². The normalized spacial score (nSPS) is 20.0. The van der Waals surface area contributed by atoms with Crippen molar-refractivity contribution in [3.63, 3.8) is 0 Å². The zero-order valence-corrected chi connectivity index (χ0v) is 17.5. The summed E-state index contributed by atoms with van der Waals surface area (Å²) in [6.07, 6.45) is 5.99. The maximum Gasteiger partial charge on any atom is 0.256 e. The molecule has 3 aliphatic rings. The predicted molar refractivity (Wildman–Crippen MR) is 116 cm³/mol. The zero-order valence-electron chi connectivity index (χ0n) is 17.5. The monoisotopic (exact) mass is 412 g/mol. The van der Waals surface area contributed by atoms with Crippen LogP contribution in [0.4, 0.5) is 10.1 Å². The lowest BCUT2D eigenvalue weighted by molar-refractivity contribution is 0.0950. The fraction of sp³-hybridized carbons (Fsp3) is 0.565. The molecule has 1 N–H and O–H groups in total. The molecule has 6 nitrogen and oxygen atoms in total. The molecule has 2 aromatic rings. The number of aromatic nitrogens is 1. The molecule has 1 aromatic heterocycles. The molecule has 0 radical (unpaired) electrons. The molecule has 0 atom stereocenters. The molecule has 0 bridgehead atoms. The Labute approximate surface area is 175 Å². The number of halogens is 1. The van der Waals surface area contributed by atoms with E-state index >= 15 is 4.39 Å². The third-order valence-corrected chi connectivity index (χ3v) is 6.69. The SMILES string of the molecule is CCN1CCN(c2cc3c(cc2F)c(=O)c(C(=O)NCC2CC2)cn3C2CC2)CC1. The van der Waals surface area contributed by atoms with Crippen LogP contribution in [0.15, 0.2) is 23.1 Å². The maximum absolute atomic E-state index is 15.1. The van der Waals surface area contributed by atoms with Crippen molar-refractivity contribution in [2.24, 2.45) is 5.92 Å². The number of carbonyl (C=O) groups excluding carboxylic acids is 1.